The predicted molar refractivity (Wildman–Crippen MR) is 115 cm³/mol. The van der Waals surface area contributed by atoms with E-state index in [1.807, 2.05) is 0 Å². The second-order valence-electron chi connectivity index (χ2n) is 6.85. The van der Waals surface area contributed by atoms with Crippen molar-refractivity contribution in [3.63, 3.8) is 0 Å². The van der Waals surface area contributed by atoms with Gasteiger partial charge in [-0.15, -0.1) is 0 Å². The second kappa shape index (κ2) is 9.64. The molecule has 178 valence electrons. The van der Waals surface area contributed by atoms with E-state index >= 15 is 0 Å². The molecule has 3 rings (SSSR count). The molecule has 0 spiro atoms. The van der Waals surface area contributed by atoms with Gasteiger partial charge in [0.15, 0.2) is 0 Å². The summed E-state index contributed by atoms with van der Waals surface area (Å²) in [4.78, 5) is 24.5. The smallest absolute Gasteiger partial charge is 0.321 e. The highest BCUT2D eigenvalue weighted by Crippen LogP contribution is 2.37. The fourth-order valence-corrected chi connectivity index (χ4v) is 3.09. The third kappa shape index (κ3) is 6.19. The molecule has 12 heteroatoms. The molecule has 0 heterocycles. The zero-order valence-electron chi connectivity index (χ0n) is 16.8. The first-order valence-corrected chi connectivity index (χ1v) is 9.75. The number of carbonyl (C=O) groups is 2. The van der Waals surface area contributed by atoms with Gasteiger partial charge in [0.2, 0.25) is 0 Å². The first-order valence-electron chi connectivity index (χ1n) is 9.37. The molecule has 0 aromatic heterocycles. The molecule has 3 amide bonds. The second-order valence-corrected chi connectivity index (χ2v) is 7.26. The minimum Gasteiger partial charge on any atom is -0.321 e. The van der Waals surface area contributed by atoms with Crippen molar-refractivity contribution in [1.82, 2.24) is 0 Å². The fourth-order valence-electron chi connectivity index (χ4n) is 2.87. The van der Waals surface area contributed by atoms with Gasteiger partial charge < -0.3 is 16.0 Å². The van der Waals surface area contributed by atoms with Gasteiger partial charge in [0.05, 0.1) is 27.4 Å². The molecule has 5 nitrogen and oxygen atoms in total. The zero-order chi connectivity index (χ0) is 25.1. The lowest BCUT2D eigenvalue weighted by molar-refractivity contribution is -0.138. The minimum absolute atomic E-state index is 0.0399. The van der Waals surface area contributed by atoms with Crippen LogP contribution in [-0.4, -0.2) is 11.9 Å². The monoisotopic (exact) mass is 501 g/mol. The number of hydrogen-bond donors (Lipinski definition) is 3. The van der Waals surface area contributed by atoms with Crippen LogP contribution in [0, 0.1) is 0 Å². The summed E-state index contributed by atoms with van der Waals surface area (Å²) >= 11 is 5.90. The van der Waals surface area contributed by atoms with E-state index in [9.17, 15) is 35.9 Å². The van der Waals surface area contributed by atoms with Crippen molar-refractivity contribution >= 4 is 40.6 Å². The quantitative estimate of drug-likeness (QED) is 0.329. The Morgan fingerprint density at radius 3 is 1.97 bits per heavy atom. The highest BCUT2D eigenvalue weighted by molar-refractivity contribution is 6.34. The minimum atomic E-state index is -4.90. The van der Waals surface area contributed by atoms with Crippen molar-refractivity contribution in [3.8, 4) is 0 Å². The topological polar surface area (TPSA) is 70.2 Å². The largest absolute Gasteiger partial charge is 0.418 e. The Labute approximate surface area is 193 Å². The zero-order valence-corrected chi connectivity index (χ0v) is 17.6. The molecule has 34 heavy (non-hydrogen) atoms. The third-order valence-electron chi connectivity index (χ3n) is 4.40. The van der Waals surface area contributed by atoms with Crippen molar-refractivity contribution in [1.29, 1.82) is 0 Å². The molecule has 0 aliphatic rings. The van der Waals surface area contributed by atoms with E-state index in [1.54, 1.807) is 6.07 Å². The van der Waals surface area contributed by atoms with Crippen LogP contribution in [0.4, 0.5) is 48.2 Å². The van der Waals surface area contributed by atoms with E-state index in [1.165, 1.54) is 24.3 Å². The van der Waals surface area contributed by atoms with Crippen molar-refractivity contribution in [3.05, 3.63) is 88.4 Å². The highest BCUT2D eigenvalue weighted by atomic mass is 35.5. The summed E-state index contributed by atoms with van der Waals surface area (Å²) in [6, 6.07) is 11.0. The van der Waals surface area contributed by atoms with E-state index in [0.29, 0.717) is 12.1 Å². The molecule has 3 N–H and O–H groups in total. The number of anilines is 3. The standard InChI is InChI=1S/C22H14ClF6N3O2/c23-17-7-2-1-6-15(17)19(33)32-18-9-8-14(11-16(18)22(27,28)29)31-20(34)30-13-5-3-4-12(10-13)21(24,25)26/h1-11H,(H,32,33)(H2,30,31,34). The summed E-state index contributed by atoms with van der Waals surface area (Å²) < 4.78 is 79.2. The SMILES string of the molecule is O=C(Nc1cccc(C(F)(F)F)c1)Nc1ccc(NC(=O)c2ccccc2Cl)c(C(F)(F)F)c1. The van der Waals surface area contributed by atoms with Crippen LogP contribution in [-0.2, 0) is 12.4 Å². The van der Waals surface area contributed by atoms with Gasteiger partial charge in [0.25, 0.3) is 5.91 Å². The number of carbonyl (C=O) groups excluding carboxylic acids is 2. The molecule has 3 aromatic rings. The van der Waals surface area contributed by atoms with E-state index in [-0.39, 0.29) is 22.0 Å². The summed E-state index contributed by atoms with van der Waals surface area (Å²) in [5, 5.41) is 6.41. The van der Waals surface area contributed by atoms with Crippen LogP contribution >= 0.6 is 11.6 Å². The molecule has 0 unspecified atom stereocenters. The summed E-state index contributed by atoms with van der Waals surface area (Å²) in [5.41, 5.74) is -3.42. The molecule has 0 fully saturated rings. The van der Waals surface area contributed by atoms with E-state index in [2.05, 4.69) is 16.0 Å². The Hall–Kier alpha value is -3.73. The van der Waals surface area contributed by atoms with E-state index in [4.69, 9.17) is 11.6 Å². The lowest BCUT2D eigenvalue weighted by atomic mass is 10.1. The normalized spacial score (nSPS) is 11.6. The first kappa shape index (κ1) is 24.9. The Bertz CT molecular complexity index is 1230. The van der Waals surface area contributed by atoms with Gasteiger partial charge in [-0.2, -0.15) is 26.3 Å². The maximum Gasteiger partial charge on any atom is 0.418 e. The van der Waals surface area contributed by atoms with Crippen LogP contribution in [0.3, 0.4) is 0 Å². The average Bonchev–Trinajstić information content (AvgIpc) is 2.74. The van der Waals surface area contributed by atoms with E-state index in [0.717, 1.165) is 24.3 Å². The molecule has 0 bridgehead atoms. The van der Waals surface area contributed by atoms with Gasteiger partial charge in [-0.25, -0.2) is 4.79 Å². The molecular formula is C22H14ClF6N3O2. The van der Waals surface area contributed by atoms with Crippen LogP contribution in [0.15, 0.2) is 66.7 Å². The lowest BCUT2D eigenvalue weighted by Crippen LogP contribution is -2.21. The van der Waals surface area contributed by atoms with Crippen LogP contribution in [0.1, 0.15) is 21.5 Å². The summed E-state index contributed by atoms with van der Waals surface area (Å²) in [7, 11) is 0. The summed E-state index contributed by atoms with van der Waals surface area (Å²) in [6.07, 6.45) is -9.54. The maximum atomic E-state index is 13.6. The lowest BCUT2D eigenvalue weighted by Gasteiger charge is -2.16. The molecule has 0 aliphatic heterocycles. The Balaban J connectivity index is 1.79. The summed E-state index contributed by atoms with van der Waals surface area (Å²) in [5.74, 6) is -0.876. The van der Waals surface area contributed by atoms with Gasteiger partial charge in [-0.3, -0.25) is 4.79 Å². The molecule has 0 saturated heterocycles. The number of urea groups is 1. The van der Waals surface area contributed by atoms with Crippen LogP contribution < -0.4 is 16.0 Å². The van der Waals surface area contributed by atoms with Crippen molar-refractivity contribution in [2.75, 3.05) is 16.0 Å². The number of alkyl halides is 6. The Morgan fingerprint density at radius 2 is 1.35 bits per heavy atom. The summed E-state index contributed by atoms with van der Waals surface area (Å²) in [6.45, 7) is 0. The third-order valence-corrected chi connectivity index (χ3v) is 4.73. The first-order chi connectivity index (χ1) is 15.8. The molecule has 0 radical (unpaired) electrons. The number of hydrogen-bond acceptors (Lipinski definition) is 2. The number of benzene rings is 3. The van der Waals surface area contributed by atoms with Crippen molar-refractivity contribution in [2.24, 2.45) is 0 Å². The average molecular weight is 502 g/mol. The van der Waals surface area contributed by atoms with Gasteiger partial charge in [-0.05, 0) is 48.5 Å². The molecule has 3 aromatic carbocycles. The van der Waals surface area contributed by atoms with Crippen LogP contribution in [0.5, 0.6) is 0 Å². The molecule has 0 atom stereocenters. The Morgan fingerprint density at radius 1 is 0.706 bits per heavy atom. The van der Waals surface area contributed by atoms with Crippen molar-refractivity contribution < 1.29 is 35.9 Å². The number of amides is 3. The van der Waals surface area contributed by atoms with E-state index < -0.39 is 41.1 Å². The molecule has 0 saturated carbocycles. The van der Waals surface area contributed by atoms with Gasteiger partial charge in [0, 0.05) is 11.4 Å². The maximum absolute atomic E-state index is 13.6. The van der Waals surface area contributed by atoms with Crippen molar-refractivity contribution in [2.45, 2.75) is 12.4 Å². The Kier molecular flexibility index (Phi) is 7.06. The van der Waals surface area contributed by atoms with Gasteiger partial charge >= 0.3 is 18.4 Å². The number of nitrogens with one attached hydrogen (secondary N) is 3. The molecular weight excluding hydrogens is 488 g/mol. The number of halogens is 7. The molecule has 0 aliphatic carbocycles. The highest BCUT2D eigenvalue weighted by Gasteiger charge is 2.35. The van der Waals surface area contributed by atoms with Gasteiger partial charge in [0.1, 0.15) is 0 Å². The van der Waals surface area contributed by atoms with Gasteiger partial charge in [-0.1, -0.05) is 29.8 Å². The number of rotatable bonds is 4. The predicted octanol–water partition coefficient (Wildman–Crippen LogP) is 7.27. The fraction of sp³-hybridized carbons (Fsp3) is 0.0909. The van der Waals surface area contributed by atoms with Crippen LogP contribution in [0.25, 0.3) is 0 Å². The van der Waals surface area contributed by atoms with Crippen LogP contribution in [0.2, 0.25) is 5.02 Å².